The molecular weight excluding hydrogens is 270 g/mol. The minimum Gasteiger partial charge on any atom is -0.496 e. The highest BCUT2D eigenvalue weighted by Crippen LogP contribution is 2.19. The number of hydrogen-bond donors (Lipinski definition) is 1. The topological polar surface area (TPSA) is 61.9 Å². The standard InChI is InChI=1S/C15H19N3O3/c1-21-14-5-3-2-4-12(14)13(19)10-17-6-7-18-11(9-17)8-16-15(18)20/h2-5,11H,6-10H2,1H3,(H,16,20). The molecule has 0 spiro atoms. The van der Waals surface area contributed by atoms with Crippen LogP contribution in [0.25, 0.3) is 0 Å². The number of Topliss-reactive ketones (excluding diaryl/α,β-unsaturated/α-hetero) is 1. The molecule has 1 N–H and O–H groups in total. The van der Waals surface area contributed by atoms with E-state index < -0.39 is 0 Å². The van der Waals surface area contributed by atoms with Crippen molar-refractivity contribution >= 4 is 11.8 Å². The smallest absolute Gasteiger partial charge is 0.317 e. The molecule has 21 heavy (non-hydrogen) atoms. The quantitative estimate of drug-likeness (QED) is 0.824. The molecule has 2 fully saturated rings. The van der Waals surface area contributed by atoms with E-state index in [2.05, 4.69) is 10.2 Å². The van der Waals surface area contributed by atoms with Gasteiger partial charge in [-0.2, -0.15) is 0 Å². The van der Waals surface area contributed by atoms with Gasteiger partial charge in [-0.25, -0.2) is 4.79 Å². The summed E-state index contributed by atoms with van der Waals surface area (Å²) in [6.07, 6.45) is 0. The zero-order chi connectivity index (χ0) is 14.8. The van der Waals surface area contributed by atoms with Crippen LogP contribution in [-0.2, 0) is 0 Å². The summed E-state index contributed by atoms with van der Waals surface area (Å²) < 4.78 is 5.24. The highest BCUT2D eigenvalue weighted by molar-refractivity contribution is 6.00. The number of hydrogen-bond acceptors (Lipinski definition) is 4. The summed E-state index contributed by atoms with van der Waals surface area (Å²) >= 11 is 0. The number of benzene rings is 1. The van der Waals surface area contributed by atoms with Crippen molar-refractivity contribution in [3.8, 4) is 5.75 Å². The third kappa shape index (κ3) is 2.71. The molecule has 0 saturated carbocycles. The minimum absolute atomic E-state index is 0.00991. The SMILES string of the molecule is COc1ccccc1C(=O)CN1CCN2C(=O)NCC2C1. The van der Waals surface area contributed by atoms with E-state index >= 15 is 0 Å². The number of nitrogens with zero attached hydrogens (tertiary/aromatic N) is 2. The molecule has 3 rings (SSSR count). The number of amides is 2. The maximum Gasteiger partial charge on any atom is 0.317 e. The third-order valence-electron chi connectivity index (χ3n) is 4.09. The molecule has 112 valence electrons. The summed E-state index contributed by atoms with van der Waals surface area (Å²) in [7, 11) is 1.57. The normalized spacial score (nSPS) is 21.9. The molecule has 0 aliphatic carbocycles. The predicted octanol–water partition coefficient (Wildman–Crippen LogP) is 0.587. The van der Waals surface area contributed by atoms with Gasteiger partial charge in [-0.05, 0) is 12.1 Å². The molecule has 2 aliphatic rings. The molecule has 2 heterocycles. The van der Waals surface area contributed by atoms with Gasteiger partial charge in [-0.15, -0.1) is 0 Å². The number of carbonyl (C=O) groups excluding carboxylic acids is 2. The fourth-order valence-electron chi connectivity index (χ4n) is 2.98. The number of piperazine rings is 1. The lowest BCUT2D eigenvalue weighted by molar-refractivity contribution is 0.0835. The highest BCUT2D eigenvalue weighted by atomic mass is 16.5. The van der Waals surface area contributed by atoms with Crippen molar-refractivity contribution < 1.29 is 14.3 Å². The summed E-state index contributed by atoms with van der Waals surface area (Å²) in [5.74, 6) is 0.664. The third-order valence-corrected chi connectivity index (χ3v) is 4.09. The van der Waals surface area contributed by atoms with Crippen molar-refractivity contribution in [3.05, 3.63) is 29.8 Å². The maximum absolute atomic E-state index is 12.4. The molecule has 6 nitrogen and oxygen atoms in total. The summed E-state index contributed by atoms with van der Waals surface area (Å²) in [5.41, 5.74) is 0.614. The van der Waals surface area contributed by atoms with E-state index in [1.165, 1.54) is 0 Å². The van der Waals surface area contributed by atoms with Gasteiger partial charge in [0.25, 0.3) is 0 Å². The summed E-state index contributed by atoms with van der Waals surface area (Å²) in [6.45, 7) is 3.16. The molecule has 0 radical (unpaired) electrons. The largest absolute Gasteiger partial charge is 0.496 e. The number of fused-ring (bicyclic) bond motifs is 1. The number of carbonyl (C=O) groups is 2. The van der Waals surface area contributed by atoms with Gasteiger partial charge in [0.1, 0.15) is 5.75 Å². The van der Waals surface area contributed by atoms with Gasteiger partial charge in [-0.3, -0.25) is 9.69 Å². The highest BCUT2D eigenvalue weighted by Gasteiger charge is 2.35. The van der Waals surface area contributed by atoms with E-state index in [0.717, 1.165) is 13.1 Å². The van der Waals surface area contributed by atoms with Crippen LogP contribution < -0.4 is 10.1 Å². The first-order chi connectivity index (χ1) is 10.2. The van der Waals surface area contributed by atoms with Crippen molar-refractivity contribution in [1.82, 2.24) is 15.1 Å². The van der Waals surface area contributed by atoms with Gasteiger partial charge in [-0.1, -0.05) is 12.1 Å². The summed E-state index contributed by atoms with van der Waals surface area (Å²) in [6, 6.07) is 7.47. The van der Waals surface area contributed by atoms with E-state index in [0.29, 0.717) is 30.9 Å². The molecular formula is C15H19N3O3. The second-order valence-electron chi connectivity index (χ2n) is 5.39. The average Bonchev–Trinajstić information content (AvgIpc) is 2.88. The lowest BCUT2D eigenvalue weighted by Crippen LogP contribution is -2.53. The molecule has 0 bridgehead atoms. The Labute approximate surface area is 123 Å². The molecule has 2 saturated heterocycles. The number of para-hydroxylation sites is 1. The number of rotatable bonds is 4. The van der Waals surface area contributed by atoms with E-state index in [-0.39, 0.29) is 17.9 Å². The van der Waals surface area contributed by atoms with Crippen molar-refractivity contribution in [2.75, 3.05) is 39.8 Å². The van der Waals surface area contributed by atoms with Crippen LogP contribution in [-0.4, -0.2) is 67.5 Å². The Bertz CT molecular complexity index is 561. The zero-order valence-electron chi connectivity index (χ0n) is 12.0. The first kappa shape index (κ1) is 13.9. The molecule has 1 aromatic rings. The Morgan fingerprint density at radius 3 is 3.00 bits per heavy atom. The fraction of sp³-hybridized carbons (Fsp3) is 0.467. The van der Waals surface area contributed by atoms with Gasteiger partial charge >= 0.3 is 6.03 Å². The van der Waals surface area contributed by atoms with Crippen LogP contribution in [0, 0.1) is 0 Å². The number of methoxy groups -OCH3 is 1. The van der Waals surface area contributed by atoms with Crippen molar-refractivity contribution in [3.63, 3.8) is 0 Å². The van der Waals surface area contributed by atoms with Crippen molar-refractivity contribution in [2.24, 2.45) is 0 Å². The first-order valence-corrected chi connectivity index (χ1v) is 7.12. The second kappa shape index (κ2) is 5.73. The lowest BCUT2D eigenvalue weighted by atomic mass is 10.1. The van der Waals surface area contributed by atoms with Crippen LogP contribution in [0.1, 0.15) is 10.4 Å². The molecule has 1 unspecified atom stereocenters. The summed E-state index contributed by atoms with van der Waals surface area (Å²) in [5, 5.41) is 2.84. The van der Waals surface area contributed by atoms with E-state index in [1.807, 2.05) is 17.0 Å². The monoisotopic (exact) mass is 289 g/mol. The van der Waals surface area contributed by atoms with E-state index in [4.69, 9.17) is 4.74 Å². The van der Waals surface area contributed by atoms with Crippen molar-refractivity contribution in [2.45, 2.75) is 6.04 Å². The van der Waals surface area contributed by atoms with Crippen LogP contribution in [0.4, 0.5) is 4.79 Å². The first-order valence-electron chi connectivity index (χ1n) is 7.12. The van der Waals surface area contributed by atoms with Crippen LogP contribution in [0.3, 0.4) is 0 Å². The zero-order valence-corrected chi connectivity index (χ0v) is 12.0. The van der Waals surface area contributed by atoms with Crippen LogP contribution in [0.2, 0.25) is 0 Å². The predicted molar refractivity (Wildman–Crippen MR) is 77.7 cm³/mol. The minimum atomic E-state index is 0.00991. The second-order valence-corrected chi connectivity index (χ2v) is 5.39. The van der Waals surface area contributed by atoms with Crippen LogP contribution >= 0.6 is 0 Å². The van der Waals surface area contributed by atoms with Gasteiger partial charge in [0, 0.05) is 26.2 Å². The van der Waals surface area contributed by atoms with Crippen LogP contribution in [0.15, 0.2) is 24.3 Å². The van der Waals surface area contributed by atoms with Crippen molar-refractivity contribution in [1.29, 1.82) is 0 Å². The van der Waals surface area contributed by atoms with Gasteiger partial charge in [0.05, 0.1) is 25.3 Å². The fourth-order valence-corrected chi connectivity index (χ4v) is 2.98. The lowest BCUT2D eigenvalue weighted by Gasteiger charge is -2.36. The average molecular weight is 289 g/mol. The molecule has 0 aromatic heterocycles. The molecule has 6 heteroatoms. The van der Waals surface area contributed by atoms with E-state index in [9.17, 15) is 9.59 Å². The Hall–Kier alpha value is -2.08. The molecule has 2 aliphatic heterocycles. The number of ether oxygens (including phenoxy) is 1. The van der Waals surface area contributed by atoms with Gasteiger partial charge in [0.15, 0.2) is 5.78 Å². The Kier molecular flexibility index (Phi) is 3.79. The number of nitrogens with one attached hydrogen (secondary N) is 1. The molecule has 2 amide bonds. The number of urea groups is 1. The van der Waals surface area contributed by atoms with E-state index in [1.54, 1.807) is 19.2 Å². The maximum atomic E-state index is 12.4. The Balaban J connectivity index is 1.64. The van der Waals surface area contributed by atoms with Gasteiger partial charge in [0.2, 0.25) is 0 Å². The number of ketones is 1. The Morgan fingerprint density at radius 1 is 1.38 bits per heavy atom. The summed E-state index contributed by atoms with van der Waals surface area (Å²) in [4.78, 5) is 27.9. The van der Waals surface area contributed by atoms with Gasteiger partial charge < -0.3 is 15.0 Å². The molecule has 1 aromatic carbocycles. The Morgan fingerprint density at radius 2 is 2.19 bits per heavy atom. The molecule has 1 atom stereocenters. The van der Waals surface area contributed by atoms with Crippen LogP contribution in [0.5, 0.6) is 5.75 Å².